The molecule has 0 aliphatic heterocycles. The van der Waals surface area contributed by atoms with E-state index in [4.69, 9.17) is 4.74 Å². The lowest BCUT2D eigenvalue weighted by molar-refractivity contribution is -0.143. The molecule has 0 radical (unpaired) electrons. The van der Waals surface area contributed by atoms with Gasteiger partial charge in [-0.25, -0.2) is 0 Å². The Balaban J connectivity index is 2.17. The highest BCUT2D eigenvalue weighted by atomic mass is 32.1. The number of ether oxygens (including phenoxy) is 1. The van der Waals surface area contributed by atoms with E-state index in [0.29, 0.717) is 12.2 Å². The summed E-state index contributed by atoms with van der Waals surface area (Å²) in [6.07, 6.45) is 0. The number of esters is 1. The van der Waals surface area contributed by atoms with Crippen molar-refractivity contribution in [1.29, 1.82) is 0 Å². The molecule has 4 nitrogen and oxygen atoms in total. The van der Waals surface area contributed by atoms with Crippen LogP contribution in [-0.4, -0.2) is 37.0 Å². The lowest BCUT2D eigenvalue weighted by atomic mass is 10.1. The first kappa shape index (κ1) is 13.5. The molecule has 0 spiro atoms. The fourth-order valence-corrected chi connectivity index (χ4v) is 2.76. The predicted octanol–water partition coefficient (Wildman–Crippen LogP) is 2.54. The molecule has 0 atom stereocenters. The number of carbonyl (C=O) groups excluding carboxylic acids is 2. The number of rotatable bonds is 4. The van der Waals surface area contributed by atoms with Crippen LogP contribution in [0.3, 0.4) is 0 Å². The zero-order chi connectivity index (χ0) is 13.8. The zero-order valence-electron chi connectivity index (χ0n) is 10.9. The average molecular weight is 277 g/mol. The number of benzene rings is 1. The quantitative estimate of drug-likeness (QED) is 0.807. The SMILES string of the molecule is CCOC(=O)CN(C)C(=O)c1csc2ccccc12. The Kier molecular flexibility index (Phi) is 4.16. The van der Waals surface area contributed by atoms with Crippen LogP contribution in [0.5, 0.6) is 0 Å². The van der Waals surface area contributed by atoms with Crippen LogP contribution in [0, 0.1) is 0 Å². The number of likely N-dealkylation sites (N-methyl/N-ethyl adjacent to an activating group) is 1. The maximum Gasteiger partial charge on any atom is 0.325 e. The molecule has 5 heteroatoms. The number of thiophene rings is 1. The van der Waals surface area contributed by atoms with E-state index in [1.165, 1.54) is 16.2 Å². The van der Waals surface area contributed by atoms with E-state index in [2.05, 4.69) is 0 Å². The fraction of sp³-hybridized carbons (Fsp3) is 0.286. The minimum absolute atomic E-state index is 0.0309. The first-order chi connectivity index (χ1) is 9.13. The summed E-state index contributed by atoms with van der Waals surface area (Å²) in [7, 11) is 1.60. The smallest absolute Gasteiger partial charge is 0.325 e. The molecular formula is C14H15NO3S. The summed E-state index contributed by atoms with van der Waals surface area (Å²) in [5.74, 6) is -0.552. The third kappa shape index (κ3) is 2.93. The average Bonchev–Trinajstić information content (AvgIpc) is 2.81. The van der Waals surface area contributed by atoms with Gasteiger partial charge in [-0.15, -0.1) is 11.3 Å². The molecule has 0 N–H and O–H groups in total. The summed E-state index contributed by atoms with van der Waals surface area (Å²) in [5.41, 5.74) is 0.632. The summed E-state index contributed by atoms with van der Waals surface area (Å²) < 4.78 is 5.90. The van der Waals surface area contributed by atoms with E-state index in [1.807, 2.05) is 29.6 Å². The van der Waals surface area contributed by atoms with Gasteiger partial charge in [0.05, 0.1) is 12.2 Å². The van der Waals surface area contributed by atoms with Crippen molar-refractivity contribution in [2.45, 2.75) is 6.92 Å². The first-order valence-electron chi connectivity index (χ1n) is 6.00. The number of nitrogens with zero attached hydrogens (tertiary/aromatic N) is 1. The molecule has 0 saturated carbocycles. The monoisotopic (exact) mass is 277 g/mol. The highest BCUT2D eigenvalue weighted by Gasteiger charge is 2.18. The van der Waals surface area contributed by atoms with Gasteiger partial charge in [-0.3, -0.25) is 9.59 Å². The second-order valence-corrected chi connectivity index (χ2v) is 5.02. The van der Waals surface area contributed by atoms with E-state index in [-0.39, 0.29) is 12.5 Å². The molecule has 19 heavy (non-hydrogen) atoms. The molecule has 0 fully saturated rings. The minimum atomic E-state index is -0.391. The van der Waals surface area contributed by atoms with Crippen molar-refractivity contribution >= 4 is 33.3 Å². The van der Waals surface area contributed by atoms with Crippen molar-refractivity contribution in [2.75, 3.05) is 20.2 Å². The van der Waals surface area contributed by atoms with E-state index < -0.39 is 5.97 Å². The molecule has 0 saturated heterocycles. The van der Waals surface area contributed by atoms with Gasteiger partial charge in [0, 0.05) is 22.5 Å². The normalized spacial score (nSPS) is 10.4. The highest BCUT2D eigenvalue weighted by molar-refractivity contribution is 7.17. The molecule has 1 heterocycles. The molecule has 1 amide bonds. The summed E-state index contributed by atoms with van der Waals surface area (Å²) in [6.45, 7) is 2.03. The van der Waals surface area contributed by atoms with Crippen molar-refractivity contribution < 1.29 is 14.3 Å². The van der Waals surface area contributed by atoms with Crippen molar-refractivity contribution in [3.8, 4) is 0 Å². The lowest BCUT2D eigenvalue weighted by Crippen LogP contribution is -2.32. The summed E-state index contributed by atoms with van der Waals surface area (Å²) in [4.78, 5) is 25.0. The maximum absolute atomic E-state index is 12.3. The Labute approximate surface area is 115 Å². The predicted molar refractivity (Wildman–Crippen MR) is 75.4 cm³/mol. The number of fused-ring (bicyclic) bond motifs is 1. The molecule has 2 rings (SSSR count). The minimum Gasteiger partial charge on any atom is -0.465 e. The van der Waals surface area contributed by atoms with Gasteiger partial charge in [0.1, 0.15) is 6.54 Å². The number of amides is 1. The molecule has 0 unspecified atom stereocenters. The van der Waals surface area contributed by atoms with Crippen LogP contribution < -0.4 is 0 Å². The van der Waals surface area contributed by atoms with Gasteiger partial charge in [0.15, 0.2) is 0 Å². The van der Waals surface area contributed by atoms with Crippen molar-refractivity contribution in [3.63, 3.8) is 0 Å². The van der Waals surface area contributed by atoms with Gasteiger partial charge >= 0.3 is 5.97 Å². The Morgan fingerprint density at radius 3 is 2.79 bits per heavy atom. The first-order valence-corrected chi connectivity index (χ1v) is 6.88. The largest absolute Gasteiger partial charge is 0.465 e. The molecule has 0 aliphatic carbocycles. The molecular weight excluding hydrogens is 262 g/mol. The van der Waals surface area contributed by atoms with E-state index >= 15 is 0 Å². The Bertz CT molecular complexity index is 606. The third-order valence-electron chi connectivity index (χ3n) is 2.73. The van der Waals surface area contributed by atoms with Gasteiger partial charge in [0.2, 0.25) is 0 Å². The Morgan fingerprint density at radius 2 is 2.05 bits per heavy atom. The van der Waals surface area contributed by atoms with Crippen LogP contribution in [0.25, 0.3) is 10.1 Å². The van der Waals surface area contributed by atoms with Crippen molar-refractivity contribution in [1.82, 2.24) is 4.90 Å². The van der Waals surface area contributed by atoms with Gasteiger partial charge in [0.25, 0.3) is 5.91 Å². The third-order valence-corrected chi connectivity index (χ3v) is 3.69. The van der Waals surface area contributed by atoms with E-state index in [9.17, 15) is 9.59 Å². The number of hydrogen-bond acceptors (Lipinski definition) is 4. The highest BCUT2D eigenvalue weighted by Crippen LogP contribution is 2.26. The second kappa shape index (κ2) is 5.84. The standard InChI is InChI=1S/C14H15NO3S/c1-3-18-13(16)8-15(2)14(17)11-9-19-12-7-5-4-6-10(11)12/h4-7,9H,3,8H2,1-2H3. The van der Waals surface area contributed by atoms with Crippen LogP contribution in [-0.2, 0) is 9.53 Å². The molecule has 2 aromatic rings. The van der Waals surface area contributed by atoms with Gasteiger partial charge < -0.3 is 9.64 Å². The summed E-state index contributed by atoms with van der Waals surface area (Å²) in [5, 5.41) is 2.75. The number of carbonyl (C=O) groups is 2. The van der Waals surface area contributed by atoms with Gasteiger partial charge in [-0.05, 0) is 13.0 Å². The van der Waals surface area contributed by atoms with Gasteiger partial charge in [-0.2, -0.15) is 0 Å². The molecule has 100 valence electrons. The van der Waals surface area contributed by atoms with E-state index in [0.717, 1.165) is 10.1 Å². The molecule has 0 aliphatic rings. The van der Waals surface area contributed by atoms with Crippen LogP contribution in [0.1, 0.15) is 17.3 Å². The van der Waals surface area contributed by atoms with Crippen LogP contribution in [0.2, 0.25) is 0 Å². The van der Waals surface area contributed by atoms with Crippen LogP contribution in [0.15, 0.2) is 29.6 Å². The lowest BCUT2D eigenvalue weighted by Gasteiger charge is -2.15. The number of hydrogen-bond donors (Lipinski definition) is 0. The van der Waals surface area contributed by atoms with E-state index in [1.54, 1.807) is 14.0 Å². The van der Waals surface area contributed by atoms with Crippen molar-refractivity contribution in [2.24, 2.45) is 0 Å². The van der Waals surface area contributed by atoms with Crippen molar-refractivity contribution in [3.05, 3.63) is 35.2 Å². The fourth-order valence-electron chi connectivity index (χ4n) is 1.82. The summed E-state index contributed by atoms with van der Waals surface area (Å²) >= 11 is 1.53. The molecule has 1 aromatic carbocycles. The summed E-state index contributed by atoms with van der Waals surface area (Å²) in [6, 6.07) is 7.73. The molecule has 0 bridgehead atoms. The second-order valence-electron chi connectivity index (χ2n) is 4.11. The van der Waals surface area contributed by atoms with Crippen LogP contribution in [0.4, 0.5) is 0 Å². The van der Waals surface area contributed by atoms with Gasteiger partial charge in [-0.1, -0.05) is 18.2 Å². The maximum atomic E-state index is 12.3. The van der Waals surface area contributed by atoms with Crippen LogP contribution >= 0.6 is 11.3 Å². The topological polar surface area (TPSA) is 46.6 Å². The molecule has 1 aromatic heterocycles. The zero-order valence-corrected chi connectivity index (χ0v) is 11.7. The Morgan fingerprint density at radius 1 is 1.32 bits per heavy atom. The Hall–Kier alpha value is -1.88.